The molecule has 0 aliphatic carbocycles. The fourth-order valence-corrected chi connectivity index (χ4v) is 0.248. The van der Waals surface area contributed by atoms with E-state index in [9.17, 15) is 4.79 Å². The van der Waals surface area contributed by atoms with Crippen molar-refractivity contribution in [2.75, 3.05) is 6.61 Å². The van der Waals surface area contributed by atoms with Crippen molar-refractivity contribution in [2.45, 2.75) is 6.42 Å². The molecule has 0 atom stereocenters. The maximum Gasteiger partial charge on any atom is 0.317 e. The van der Waals surface area contributed by atoms with Crippen LogP contribution in [0.2, 0.25) is 0 Å². The Labute approximate surface area is 48.8 Å². The van der Waals surface area contributed by atoms with E-state index in [0.29, 0.717) is 0 Å². The summed E-state index contributed by atoms with van der Waals surface area (Å²) >= 11 is 0. The molecule has 0 saturated heterocycles. The van der Waals surface area contributed by atoms with Crippen molar-refractivity contribution in [3.05, 3.63) is 6.92 Å². The number of ether oxygens (including phenoxy) is 1. The number of esters is 1. The molecule has 0 aromatic rings. The highest BCUT2D eigenvalue weighted by atomic mass is 16.5. The Morgan fingerprint density at radius 1 is 1.88 bits per heavy atom. The van der Waals surface area contributed by atoms with E-state index in [-0.39, 0.29) is 19.0 Å². The first kappa shape index (κ1) is 7.03. The predicted octanol–water partition coefficient (Wildman–Crippen LogP) is 0.387. The summed E-state index contributed by atoms with van der Waals surface area (Å²) in [6, 6.07) is 0. The highest BCUT2D eigenvalue weighted by Crippen LogP contribution is 1.80. The van der Waals surface area contributed by atoms with Gasteiger partial charge in [-0.2, -0.15) is 0 Å². The molecule has 0 unspecified atom stereocenters. The molecule has 0 N–H and O–H groups in total. The first-order chi connectivity index (χ1) is 3.81. The number of rotatable bonds is 2. The van der Waals surface area contributed by atoms with Crippen LogP contribution in [0.3, 0.4) is 0 Å². The summed E-state index contributed by atoms with van der Waals surface area (Å²) in [5, 5.41) is 0. The molecule has 8 heavy (non-hydrogen) atoms. The molecule has 0 saturated carbocycles. The summed E-state index contributed by atoms with van der Waals surface area (Å²) < 4.78 is 4.39. The van der Waals surface area contributed by atoms with Crippen LogP contribution in [0.5, 0.6) is 0 Å². The van der Waals surface area contributed by atoms with Gasteiger partial charge in [-0.25, -0.2) is 0 Å². The van der Waals surface area contributed by atoms with Crippen molar-refractivity contribution in [3.8, 4) is 12.3 Å². The van der Waals surface area contributed by atoms with Crippen molar-refractivity contribution < 1.29 is 9.53 Å². The van der Waals surface area contributed by atoms with E-state index in [1.807, 2.05) is 0 Å². The zero-order valence-electron chi connectivity index (χ0n) is 4.52. The molecule has 0 aromatic heterocycles. The molecular formula is C6H7O2. The molecule has 0 aromatic carbocycles. The zero-order chi connectivity index (χ0) is 6.41. The zero-order valence-corrected chi connectivity index (χ0v) is 4.52. The van der Waals surface area contributed by atoms with E-state index < -0.39 is 0 Å². The molecular weight excluding hydrogens is 104 g/mol. The minimum absolute atomic E-state index is 0.0372. The monoisotopic (exact) mass is 111 g/mol. The number of hydrogen-bond donors (Lipinski definition) is 0. The van der Waals surface area contributed by atoms with E-state index in [0.717, 1.165) is 0 Å². The summed E-state index contributed by atoms with van der Waals surface area (Å²) in [5.74, 6) is 1.76. The largest absolute Gasteiger partial charge is 0.465 e. The Morgan fingerprint density at radius 2 is 2.50 bits per heavy atom. The molecule has 0 bridgehead atoms. The van der Waals surface area contributed by atoms with Gasteiger partial charge in [0.1, 0.15) is 6.42 Å². The van der Waals surface area contributed by atoms with Gasteiger partial charge in [-0.15, -0.1) is 6.42 Å². The first-order valence-electron chi connectivity index (χ1n) is 2.19. The van der Waals surface area contributed by atoms with Crippen molar-refractivity contribution in [1.82, 2.24) is 0 Å². The third-order valence-electron chi connectivity index (χ3n) is 0.509. The maximum atomic E-state index is 10.2. The van der Waals surface area contributed by atoms with Crippen LogP contribution in [0, 0.1) is 19.3 Å². The standard InChI is InChI=1S/C6H7O2/c1-3-5-6(7)8-4-2/h1H,2,4-5H2. The average Bonchev–Trinajstić information content (AvgIpc) is 1.68. The van der Waals surface area contributed by atoms with Gasteiger partial charge in [0, 0.05) is 0 Å². The van der Waals surface area contributed by atoms with Gasteiger partial charge in [0.25, 0.3) is 0 Å². The van der Waals surface area contributed by atoms with Crippen molar-refractivity contribution in [2.24, 2.45) is 0 Å². The fraction of sp³-hybridized carbons (Fsp3) is 0.333. The number of terminal acetylenes is 1. The molecule has 0 rings (SSSR count). The summed E-state index contributed by atoms with van der Waals surface area (Å²) in [6.07, 6.45) is 4.83. The first-order valence-corrected chi connectivity index (χ1v) is 2.19. The van der Waals surface area contributed by atoms with Gasteiger partial charge in [0.05, 0.1) is 6.61 Å². The molecule has 0 aliphatic rings. The van der Waals surface area contributed by atoms with Gasteiger partial charge < -0.3 is 4.74 Å². The Hall–Kier alpha value is -0.970. The van der Waals surface area contributed by atoms with E-state index in [2.05, 4.69) is 17.6 Å². The predicted molar refractivity (Wildman–Crippen MR) is 29.8 cm³/mol. The molecule has 0 heterocycles. The van der Waals surface area contributed by atoms with Gasteiger partial charge in [-0.3, -0.25) is 4.79 Å². The summed E-state index contributed by atoms with van der Waals surface area (Å²) in [6.45, 7) is 3.45. The van der Waals surface area contributed by atoms with Gasteiger partial charge >= 0.3 is 5.97 Å². The van der Waals surface area contributed by atoms with Crippen LogP contribution in [0.15, 0.2) is 0 Å². The van der Waals surface area contributed by atoms with Gasteiger partial charge in [-0.1, -0.05) is 5.92 Å². The van der Waals surface area contributed by atoms with Crippen LogP contribution in [-0.2, 0) is 9.53 Å². The van der Waals surface area contributed by atoms with Gasteiger partial charge in [0.15, 0.2) is 0 Å². The van der Waals surface area contributed by atoms with Gasteiger partial charge in [-0.05, 0) is 6.92 Å². The second-order valence-electron chi connectivity index (χ2n) is 1.10. The van der Waals surface area contributed by atoms with Crippen molar-refractivity contribution >= 4 is 5.97 Å². The molecule has 0 spiro atoms. The average molecular weight is 111 g/mol. The molecule has 43 valence electrons. The molecule has 2 nitrogen and oxygen atoms in total. The topological polar surface area (TPSA) is 26.3 Å². The fourth-order valence-electron chi connectivity index (χ4n) is 0.248. The highest BCUT2D eigenvalue weighted by molar-refractivity contribution is 5.72. The number of carbonyl (C=O) groups excluding carboxylic acids is 1. The van der Waals surface area contributed by atoms with Crippen LogP contribution in [0.4, 0.5) is 0 Å². The number of hydrogen-bond acceptors (Lipinski definition) is 2. The molecule has 1 radical (unpaired) electrons. The minimum Gasteiger partial charge on any atom is -0.465 e. The van der Waals surface area contributed by atoms with E-state index in [4.69, 9.17) is 6.42 Å². The second-order valence-corrected chi connectivity index (χ2v) is 1.10. The Kier molecular flexibility index (Phi) is 3.69. The Morgan fingerprint density at radius 3 is 2.88 bits per heavy atom. The lowest BCUT2D eigenvalue weighted by Crippen LogP contribution is -2.01. The van der Waals surface area contributed by atoms with Crippen LogP contribution >= 0.6 is 0 Å². The second kappa shape index (κ2) is 4.20. The highest BCUT2D eigenvalue weighted by Gasteiger charge is 1.93. The molecule has 2 heteroatoms. The molecule has 0 amide bonds. The van der Waals surface area contributed by atoms with Crippen LogP contribution in [0.1, 0.15) is 6.42 Å². The Balaban J connectivity index is 3.23. The third-order valence-corrected chi connectivity index (χ3v) is 0.509. The maximum absolute atomic E-state index is 10.2. The van der Waals surface area contributed by atoms with E-state index >= 15 is 0 Å². The quantitative estimate of drug-likeness (QED) is 0.380. The normalized spacial score (nSPS) is 7.50. The number of carbonyl (C=O) groups is 1. The van der Waals surface area contributed by atoms with Crippen molar-refractivity contribution in [3.63, 3.8) is 0 Å². The Bertz CT molecular complexity index is 110. The lowest BCUT2D eigenvalue weighted by molar-refractivity contribution is -0.141. The van der Waals surface area contributed by atoms with E-state index in [1.165, 1.54) is 0 Å². The van der Waals surface area contributed by atoms with E-state index in [1.54, 1.807) is 0 Å². The van der Waals surface area contributed by atoms with Crippen LogP contribution in [-0.4, -0.2) is 12.6 Å². The van der Waals surface area contributed by atoms with Crippen LogP contribution in [0.25, 0.3) is 0 Å². The lowest BCUT2D eigenvalue weighted by Gasteiger charge is -1.93. The SMILES string of the molecule is C#CCC(=O)OC[CH2]. The minimum atomic E-state index is -0.387. The lowest BCUT2D eigenvalue weighted by atomic mass is 10.5. The van der Waals surface area contributed by atoms with Crippen molar-refractivity contribution in [1.29, 1.82) is 0 Å². The van der Waals surface area contributed by atoms with Gasteiger partial charge in [0.2, 0.25) is 0 Å². The molecule has 0 fully saturated rings. The summed E-state index contributed by atoms with van der Waals surface area (Å²) in [7, 11) is 0. The van der Waals surface area contributed by atoms with Crippen LogP contribution < -0.4 is 0 Å². The summed E-state index contributed by atoms with van der Waals surface area (Å²) in [4.78, 5) is 10.2. The summed E-state index contributed by atoms with van der Waals surface area (Å²) in [5.41, 5.74) is 0. The smallest absolute Gasteiger partial charge is 0.317 e. The molecule has 0 aliphatic heterocycles. The third kappa shape index (κ3) is 3.23.